The maximum atomic E-state index is 14.0. The topological polar surface area (TPSA) is 129 Å². The number of aromatic amines is 1. The van der Waals surface area contributed by atoms with Gasteiger partial charge in [0.25, 0.3) is 0 Å². The molecule has 2 aliphatic rings. The van der Waals surface area contributed by atoms with Crippen molar-refractivity contribution >= 4 is 38.4 Å². The number of likely N-dealkylation sites (tertiary alicyclic amines) is 1. The molecule has 0 aliphatic carbocycles. The van der Waals surface area contributed by atoms with Gasteiger partial charge < -0.3 is 20.9 Å². The number of benzene rings is 2. The van der Waals surface area contributed by atoms with E-state index in [1.807, 2.05) is 24.3 Å². The Morgan fingerprint density at radius 1 is 1.18 bits per heavy atom. The van der Waals surface area contributed by atoms with Gasteiger partial charge in [-0.1, -0.05) is 18.2 Å². The number of carbonyl (C=O) groups is 2. The van der Waals surface area contributed by atoms with Crippen LogP contribution in [0.25, 0.3) is 10.9 Å². The zero-order chi connectivity index (χ0) is 28.2. The summed E-state index contributed by atoms with van der Waals surface area (Å²) >= 11 is 0. The van der Waals surface area contributed by atoms with Crippen LogP contribution in [-0.4, -0.2) is 67.6 Å². The molecule has 2 amide bonds. The summed E-state index contributed by atoms with van der Waals surface area (Å²) in [4.78, 5) is 31.5. The molecule has 3 aromatic rings. The lowest BCUT2D eigenvalue weighted by molar-refractivity contribution is -0.138. The Balaban J connectivity index is 1.38. The molecule has 39 heavy (non-hydrogen) atoms. The summed E-state index contributed by atoms with van der Waals surface area (Å²) in [6.07, 6.45) is 4.28. The van der Waals surface area contributed by atoms with Crippen LogP contribution < -0.4 is 15.4 Å². The number of H-pyrrole nitrogens is 1. The van der Waals surface area contributed by atoms with Crippen LogP contribution in [0.3, 0.4) is 0 Å². The zero-order valence-corrected chi connectivity index (χ0v) is 23.1. The van der Waals surface area contributed by atoms with E-state index < -0.39 is 27.5 Å². The fourth-order valence-electron chi connectivity index (χ4n) is 5.77. The normalized spacial score (nSPS) is 17.9. The molecule has 0 saturated carbocycles. The molecule has 1 saturated heterocycles. The fourth-order valence-corrected chi connectivity index (χ4v) is 6.77. The van der Waals surface area contributed by atoms with Crippen LogP contribution in [0.4, 0.5) is 10.1 Å². The molecule has 1 unspecified atom stereocenters. The number of carbonyl (C=O) groups excluding carboxylic acids is 2. The highest BCUT2D eigenvalue weighted by atomic mass is 32.2. The molecule has 2 aliphatic heterocycles. The van der Waals surface area contributed by atoms with Crippen molar-refractivity contribution in [2.45, 2.75) is 50.1 Å². The van der Waals surface area contributed by atoms with Crippen molar-refractivity contribution in [2.75, 3.05) is 30.2 Å². The van der Waals surface area contributed by atoms with Gasteiger partial charge in [0, 0.05) is 48.6 Å². The Kier molecular flexibility index (Phi) is 6.70. The average molecular weight is 556 g/mol. The summed E-state index contributed by atoms with van der Waals surface area (Å²) in [5.74, 6) is -1.10. The van der Waals surface area contributed by atoms with Gasteiger partial charge in [-0.15, -0.1) is 0 Å². The molecular weight excluding hydrogens is 521 g/mol. The first-order valence-electron chi connectivity index (χ1n) is 13.0. The molecule has 11 heteroatoms. The highest BCUT2D eigenvalue weighted by Gasteiger charge is 2.48. The molecule has 5 rings (SSSR count). The maximum Gasteiger partial charge on any atom is 0.245 e. The second-order valence-electron chi connectivity index (χ2n) is 11.3. The fraction of sp³-hybridized carbons (Fsp3) is 0.429. The molecular formula is C28H34FN5O4S. The number of nitrogens with two attached hydrogens (primary N) is 1. The van der Waals surface area contributed by atoms with E-state index in [0.717, 1.165) is 11.1 Å². The quantitative estimate of drug-likeness (QED) is 0.430. The number of nitrogens with one attached hydrogen (secondary N) is 2. The highest BCUT2D eigenvalue weighted by molar-refractivity contribution is 7.92. The summed E-state index contributed by atoms with van der Waals surface area (Å²) in [7, 11) is -3.45. The number of piperidine rings is 1. The number of halogens is 1. The number of hydrogen-bond donors (Lipinski definition) is 3. The second kappa shape index (κ2) is 9.63. The molecule has 0 radical (unpaired) electrons. The van der Waals surface area contributed by atoms with E-state index in [0.29, 0.717) is 49.1 Å². The van der Waals surface area contributed by atoms with Crippen LogP contribution >= 0.6 is 0 Å². The van der Waals surface area contributed by atoms with E-state index >= 15 is 0 Å². The number of aromatic nitrogens is 1. The van der Waals surface area contributed by atoms with E-state index in [-0.39, 0.29) is 23.6 Å². The smallest absolute Gasteiger partial charge is 0.245 e. The van der Waals surface area contributed by atoms with Crippen molar-refractivity contribution in [1.82, 2.24) is 15.2 Å². The van der Waals surface area contributed by atoms with Gasteiger partial charge in [0.2, 0.25) is 21.8 Å². The third-order valence-corrected chi connectivity index (χ3v) is 9.09. The summed E-state index contributed by atoms with van der Waals surface area (Å²) in [5, 5.41) is 3.47. The number of anilines is 1. The summed E-state index contributed by atoms with van der Waals surface area (Å²) in [6, 6.07) is 11.0. The predicted octanol–water partition coefficient (Wildman–Crippen LogP) is 2.41. The lowest BCUT2D eigenvalue weighted by Gasteiger charge is -2.41. The molecule has 0 bridgehead atoms. The molecule has 208 valence electrons. The lowest BCUT2D eigenvalue weighted by atomic mass is 9.74. The van der Waals surface area contributed by atoms with E-state index in [1.165, 1.54) is 22.7 Å². The van der Waals surface area contributed by atoms with Gasteiger partial charge in [0.1, 0.15) is 11.9 Å². The van der Waals surface area contributed by atoms with Crippen LogP contribution in [0.2, 0.25) is 0 Å². The van der Waals surface area contributed by atoms with Gasteiger partial charge in [-0.25, -0.2) is 12.8 Å². The van der Waals surface area contributed by atoms with Crippen molar-refractivity contribution in [3.05, 3.63) is 65.6 Å². The maximum absolute atomic E-state index is 14.0. The standard InChI is InChI=1S/C28H34FN5O4S/c1-27(2,30)26(36)32-23(14-18-16-31-22-9-8-19(29)15-20(18)22)25(35)33-12-10-28(11-13-33)17-34(39(3,37)38)24-7-5-4-6-21(24)28/h4-9,15-16,23,31H,10-14,17,30H2,1-3H3,(H,32,36). The first-order chi connectivity index (χ1) is 18.3. The van der Waals surface area contributed by atoms with Gasteiger partial charge in [0.15, 0.2) is 0 Å². The van der Waals surface area contributed by atoms with Crippen molar-refractivity contribution in [2.24, 2.45) is 5.73 Å². The van der Waals surface area contributed by atoms with Gasteiger partial charge in [-0.05, 0) is 62.1 Å². The van der Waals surface area contributed by atoms with E-state index in [9.17, 15) is 22.4 Å². The van der Waals surface area contributed by atoms with E-state index in [2.05, 4.69) is 10.3 Å². The lowest BCUT2D eigenvalue weighted by Crippen LogP contribution is -2.58. The largest absolute Gasteiger partial charge is 0.361 e. The first kappa shape index (κ1) is 27.1. The molecule has 3 heterocycles. The predicted molar refractivity (Wildman–Crippen MR) is 148 cm³/mol. The minimum atomic E-state index is -3.45. The molecule has 9 nitrogen and oxygen atoms in total. The zero-order valence-electron chi connectivity index (χ0n) is 22.3. The number of rotatable bonds is 6. The Labute approximate surface area is 227 Å². The van der Waals surface area contributed by atoms with E-state index in [1.54, 1.807) is 31.0 Å². The first-order valence-corrected chi connectivity index (χ1v) is 14.8. The van der Waals surface area contributed by atoms with Crippen LogP contribution in [0.15, 0.2) is 48.7 Å². The van der Waals surface area contributed by atoms with Crippen molar-refractivity contribution in [3.63, 3.8) is 0 Å². The summed E-state index contributed by atoms with van der Waals surface area (Å²) < 4.78 is 40.5. The van der Waals surface area contributed by atoms with Gasteiger partial charge in [0.05, 0.1) is 17.5 Å². The molecule has 1 fully saturated rings. The van der Waals surface area contributed by atoms with Crippen LogP contribution in [0.1, 0.15) is 37.8 Å². The minimum absolute atomic E-state index is 0.163. The number of amides is 2. The third-order valence-electron chi connectivity index (χ3n) is 7.97. The van der Waals surface area contributed by atoms with Crippen molar-refractivity contribution in [3.8, 4) is 0 Å². The number of fused-ring (bicyclic) bond motifs is 3. The minimum Gasteiger partial charge on any atom is -0.361 e. The monoisotopic (exact) mass is 555 g/mol. The number of nitrogens with zero attached hydrogens (tertiary/aromatic N) is 2. The number of sulfonamides is 1. The van der Waals surface area contributed by atoms with Crippen LogP contribution in [0.5, 0.6) is 0 Å². The van der Waals surface area contributed by atoms with Crippen molar-refractivity contribution in [1.29, 1.82) is 0 Å². The second-order valence-corrected chi connectivity index (χ2v) is 13.3. The van der Waals surface area contributed by atoms with Crippen molar-refractivity contribution < 1.29 is 22.4 Å². The number of hydrogen-bond acceptors (Lipinski definition) is 5. The SMILES string of the molecule is CC(C)(N)C(=O)NC(Cc1c[nH]c2ccc(F)cc12)C(=O)N1CCC2(CC1)CN(S(C)(=O)=O)c1ccccc12. The molecule has 2 aromatic carbocycles. The summed E-state index contributed by atoms with van der Waals surface area (Å²) in [6.45, 7) is 4.30. The highest BCUT2D eigenvalue weighted by Crippen LogP contribution is 2.47. The molecule has 1 atom stereocenters. The Hall–Kier alpha value is -3.44. The van der Waals surface area contributed by atoms with Gasteiger partial charge in [-0.3, -0.25) is 13.9 Å². The van der Waals surface area contributed by atoms with E-state index in [4.69, 9.17) is 5.73 Å². The Morgan fingerprint density at radius 2 is 1.87 bits per heavy atom. The van der Waals surface area contributed by atoms with Crippen LogP contribution in [0, 0.1) is 5.82 Å². The van der Waals surface area contributed by atoms with Crippen LogP contribution in [-0.2, 0) is 31.4 Å². The Bertz CT molecular complexity index is 1540. The molecule has 1 aromatic heterocycles. The third kappa shape index (κ3) is 5.12. The molecule has 1 spiro atoms. The molecule has 4 N–H and O–H groups in total. The number of para-hydroxylation sites is 1. The summed E-state index contributed by atoms with van der Waals surface area (Å²) in [5.41, 5.74) is 7.56. The van der Waals surface area contributed by atoms with Gasteiger partial charge in [-0.2, -0.15) is 0 Å². The van der Waals surface area contributed by atoms with Gasteiger partial charge >= 0.3 is 0 Å². The average Bonchev–Trinajstić information content (AvgIpc) is 3.42. The Morgan fingerprint density at radius 3 is 2.54 bits per heavy atom.